The SMILES string of the molecule is Cc1cc(C)c(S(=O)(=O)NCC(=O)c2ccccc2)c(C)c1. The normalized spacial score (nSPS) is 11.4. The largest absolute Gasteiger partial charge is 0.293 e. The molecule has 2 rings (SSSR count). The minimum atomic E-state index is -3.71. The Morgan fingerprint density at radius 2 is 1.55 bits per heavy atom. The van der Waals surface area contributed by atoms with Gasteiger partial charge in [0.1, 0.15) is 0 Å². The average molecular weight is 317 g/mol. The molecule has 22 heavy (non-hydrogen) atoms. The fourth-order valence-electron chi connectivity index (χ4n) is 2.55. The molecule has 0 fully saturated rings. The number of rotatable bonds is 5. The predicted molar refractivity (Wildman–Crippen MR) is 86.6 cm³/mol. The summed E-state index contributed by atoms with van der Waals surface area (Å²) in [5, 5.41) is 0. The molecule has 0 aliphatic carbocycles. The molecule has 0 aliphatic heterocycles. The van der Waals surface area contributed by atoms with Crippen molar-refractivity contribution in [3.8, 4) is 0 Å². The minimum Gasteiger partial charge on any atom is -0.293 e. The molecule has 1 N–H and O–H groups in total. The summed E-state index contributed by atoms with van der Waals surface area (Å²) < 4.78 is 27.3. The Balaban J connectivity index is 2.21. The number of Topliss-reactive ketones (excluding diaryl/α,β-unsaturated/α-hetero) is 1. The number of sulfonamides is 1. The number of carbonyl (C=O) groups excluding carboxylic acids is 1. The molecule has 0 saturated carbocycles. The van der Waals surface area contributed by atoms with Crippen LogP contribution in [0.2, 0.25) is 0 Å². The Morgan fingerprint density at radius 3 is 2.09 bits per heavy atom. The summed E-state index contributed by atoms with van der Waals surface area (Å²) >= 11 is 0. The van der Waals surface area contributed by atoms with Crippen LogP contribution in [-0.4, -0.2) is 20.7 Å². The van der Waals surface area contributed by atoms with Crippen molar-refractivity contribution in [2.45, 2.75) is 25.7 Å². The van der Waals surface area contributed by atoms with E-state index in [1.165, 1.54) is 0 Å². The summed E-state index contributed by atoms with van der Waals surface area (Å²) in [5.41, 5.74) is 2.85. The molecule has 116 valence electrons. The number of hydrogen-bond donors (Lipinski definition) is 1. The van der Waals surface area contributed by atoms with Crippen LogP contribution in [0.5, 0.6) is 0 Å². The summed E-state index contributed by atoms with van der Waals surface area (Å²) in [6, 6.07) is 12.3. The van der Waals surface area contributed by atoms with Crippen molar-refractivity contribution in [2.24, 2.45) is 0 Å². The van der Waals surface area contributed by atoms with Crippen molar-refractivity contribution in [3.05, 3.63) is 64.7 Å². The van der Waals surface area contributed by atoms with Crippen molar-refractivity contribution < 1.29 is 13.2 Å². The standard InChI is InChI=1S/C17H19NO3S/c1-12-9-13(2)17(14(3)10-12)22(20,21)18-11-16(19)15-7-5-4-6-8-15/h4-10,18H,11H2,1-3H3. The fraction of sp³-hybridized carbons (Fsp3) is 0.235. The van der Waals surface area contributed by atoms with Crippen LogP contribution < -0.4 is 4.72 Å². The van der Waals surface area contributed by atoms with Gasteiger partial charge in [0.15, 0.2) is 5.78 Å². The third-order valence-electron chi connectivity index (χ3n) is 3.39. The second-order valence-electron chi connectivity index (χ2n) is 5.34. The molecule has 0 saturated heterocycles. The van der Waals surface area contributed by atoms with E-state index in [0.29, 0.717) is 16.7 Å². The van der Waals surface area contributed by atoms with Gasteiger partial charge in [-0.05, 0) is 31.9 Å². The topological polar surface area (TPSA) is 63.2 Å². The molecule has 2 aromatic rings. The van der Waals surface area contributed by atoms with Crippen LogP contribution in [0.4, 0.5) is 0 Å². The van der Waals surface area contributed by atoms with Crippen LogP contribution >= 0.6 is 0 Å². The van der Waals surface area contributed by atoms with E-state index < -0.39 is 10.0 Å². The van der Waals surface area contributed by atoms with Crippen LogP contribution in [0, 0.1) is 20.8 Å². The molecule has 0 bridgehead atoms. The van der Waals surface area contributed by atoms with E-state index >= 15 is 0 Å². The van der Waals surface area contributed by atoms with Gasteiger partial charge < -0.3 is 0 Å². The lowest BCUT2D eigenvalue weighted by Crippen LogP contribution is -2.30. The van der Waals surface area contributed by atoms with E-state index in [9.17, 15) is 13.2 Å². The maximum absolute atomic E-state index is 12.5. The first-order valence-electron chi connectivity index (χ1n) is 6.97. The molecule has 0 aliphatic rings. The Hall–Kier alpha value is -1.98. The van der Waals surface area contributed by atoms with Gasteiger partial charge in [-0.15, -0.1) is 0 Å². The van der Waals surface area contributed by atoms with Gasteiger partial charge in [-0.1, -0.05) is 48.0 Å². The molecular weight excluding hydrogens is 298 g/mol. The van der Waals surface area contributed by atoms with Crippen molar-refractivity contribution in [2.75, 3.05) is 6.54 Å². The highest BCUT2D eigenvalue weighted by molar-refractivity contribution is 7.89. The van der Waals surface area contributed by atoms with Gasteiger partial charge in [0.05, 0.1) is 11.4 Å². The smallest absolute Gasteiger partial charge is 0.241 e. The maximum Gasteiger partial charge on any atom is 0.241 e. The number of carbonyl (C=O) groups is 1. The van der Waals surface area contributed by atoms with Gasteiger partial charge in [0.25, 0.3) is 0 Å². The minimum absolute atomic E-state index is 0.249. The summed E-state index contributed by atoms with van der Waals surface area (Å²) in [6.45, 7) is 5.18. The number of ketones is 1. The first kappa shape index (κ1) is 16.4. The van der Waals surface area contributed by atoms with Gasteiger partial charge >= 0.3 is 0 Å². The Morgan fingerprint density at radius 1 is 1.00 bits per heavy atom. The molecule has 4 nitrogen and oxygen atoms in total. The average Bonchev–Trinajstić information content (AvgIpc) is 2.44. The van der Waals surface area contributed by atoms with E-state index in [4.69, 9.17) is 0 Å². The number of hydrogen-bond acceptors (Lipinski definition) is 3. The Bertz CT molecular complexity index is 773. The summed E-state index contributed by atoms with van der Waals surface area (Å²) in [7, 11) is -3.71. The summed E-state index contributed by atoms with van der Waals surface area (Å²) in [6.07, 6.45) is 0. The summed E-state index contributed by atoms with van der Waals surface area (Å²) in [4.78, 5) is 12.3. The molecule has 5 heteroatoms. The van der Waals surface area contributed by atoms with Gasteiger partial charge in [-0.25, -0.2) is 13.1 Å². The molecular formula is C17H19NO3S. The number of benzene rings is 2. The zero-order chi connectivity index (χ0) is 16.3. The second-order valence-corrected chi connectivity index (χ2v) is 7.05. The molecule has 0 radical (unpaired) electrons. The zero-order valence-electron chi connectivity index (χ0n) is 12.9. The third kappa shape index (κ3) is 3.61. The zero-order valence-corrected chi connectivity index (χ0v) is 13.7. The lowest BCUT2D eigenvalue weighted by Gasteiger charge is -2.12. The molecule has 0 heterocycles. The maximum atomic E-state index is 12.5. The highest BCUT2D eigenvalue weighted by Crippen LogP contribution is 2.21. The van der Waals surface area contributed by atoms with Crippen molar-refractivity contribution in [3.63, 3.8) is 0 Å². The third-order valence-corrected chi connectivity index (χ3v) is 5.10. The molecule has 0 aromatic heterocycles. The first-order valence-corrected chi connectivity index (χ1v) is 8.45. The second kappa shape index (κ2) is 6.42. The van der Waals surface area contributed by atoms with Gasteiger partial charge in [0, 0.05) is 5.56 Å². The van der Waals surface area contributed by atoms with E-state index in [2.05, 4.69) is 4.72 Å². The lowest BCUT2D eigenvalue weighted by molar-refractivity contribution is 0.0997. The van der Waals surface area contributed by atoms with Gasteiger partial charge in [-0.2, -0.15) is 0 Å². The van der Waals surface area contributed by atoms with Crippen molar-refractivity contribution in [1.82, 2.24) is 4.72 Å². The Kier molecular flexibility index (Phi) is 4.78. The highest BCUT2D eigenvalue weighted by Gasteiger charge is 2.20. The molecule has 0 amide bonds. The van der Waals surface area contributed by atoms with Crippen LogP contribution in [0.3, 0.4) is 0 Å². The summed E-state index contributed by atoms with van der Waals surface area (Å²) in [5.74, 6) is -0.258. The van der Waals surface area contributed by atoms with E-state index in [-0.39, 0.29) is 17.2 Å². The van der Waals surface area contributed by atoms with Crippen LogP contribution in [0.1, 0.15) is 27.0 Å². The Labute approximate surface area is 131 Å². The number of aryl methyl sites for hydroxylation is 3. The van der Waals surface area contributed by atoms with E-state index in [1.54, 1.807) is 44.2 Å². The molecule has 0 spiro atoms. The fourth-order valence-corrected chi connectivity index (χ4v) is 3.98. The van der Waals surface area contributed by atoms with Gasteiger partial charge in [0.2, 0.25) is 10.0 Å². The van der Waals surface area contributed by atoms with Crippen molar-refractivity contribution in [1.29, 1.82) is 0 Å². The highest BCUT2D eigenvalue weighted by atomic mass is 32.2. The monoisotopic (exact) mass is 317 g/mol. The first-order chi connectivity index (χ1) is 10.3. The van der Waals surface area contributed by atoms with Crippen LogP contribution in [-0.2, 0) is 10.0 Å². The lowest BCUT2D eigenvalue weighted by atomic mass is 10.1. The molecule has 0 unspecified atom stereocenters. The molecule has 2 aromatic carbocycles. The van der Waals surface area contributed by atoms with Crippen molar-refractivity contribution >= 4 is 15.8 Å². The van der Waals surface area contributed by atoms with Crippen LogP contribution in [0.25, 0.3) is 0 Å². The van der Waals surface area contributed by atoms with E-state index in [1.807, 2.05) is 19.1 Å². The van der Waals surface area contributed by atoms with Crippen LogP contribution in [0.15, 0.2) is 47.4 Å². The molecule has 0 atom stereocenters. The predicted octanol–water partition coefficient (Wildman–Crippen LogP) is 2.77. The number of nitrogens with one attached hydrogen (secondary N) is 1. The quantitative estimate of drug-likeness (QED) is 0.863. The van der Waals surface area contributed by atoms with Gasteiger partial charge in [-0.3, -0.25) is 4.79 Å². The van der Waals surface area contributed by atoms with E-state index in [0.717, 1.165) is 5.56 Å².